The number of nitrogens with zero attached hydrogens (tertiary/aromatic N) is 1. The highest BCUT2D eigenvalue weighted by atomic mass is 15.0. The summed E-state index contributed by atoms with van der Waals surface area (Å²) in [5, 5.41) is 3.47. The van der Waals surface area contributed by atoms with Crippen molar-refractivity contribution in [1.29, 1.82) is 0 Å². The van der Waals surface area contributed by atoms with Crippen molar-refractivity contribution < 1.29 is 0 Å². The van der Waals surface area contributed by atoms with Gasteiger partial charge in [-0.05, 0) is 68.0 Å². The van der Waals surface area contributed by atoms with E-state index in [4.69, 9.17) is 0 Å². The molecule has 0 radical (unpaired) electrons. The molecule has 3 rings (SSSR count). The average Bonchev–Trinajstić information content (AvgIpc) is 3.15. The van der Waals surface area contributed by atoms with Crippen molar-refractivity contribution in [2.75, 3.05) is 7.05 Å². The van der Waals surface area contributed by atoms with Crippen LogP contribution >= 0.6 is 0 Å². The summed E-state index contributed by atoms with van der Waals surface area (Å²) in [7, 11) is 2.08. The van der Waals surface area contributed by atoms with Crippen LogP contribution in [0, 0.1) is 19.8 Å². The van der Waals surface area contributed by atoms with Gasteiger partial charge in [0.2, 0.25) is 0 Å². The van der Waals surface area contributed by atoms with Crippen molar-refractivity contribution in [3.8, 4) is 0 Å². The average molecular weight is 268 g/mol. The molecule has 1 aliphatic rings. The van der Waals surface area contributed by atoms with Gasteiger partial charge in [-0.2, -0.15) is 0 Å². The molecule has 0 amide bonds. The van der Waals surface area contributed by atoms with Crippen LogP contribution in [0.15, 0.2) is 36.7 Å². The van der Waals surface area contributed by atoms with Crippen molar-refractivity contribution in [3.63, 3.8) is 0 Å². The Labute approximate surface area is 121 Å². The van der Waals surface area contributed by atoms with E-state index in [1.165, 1.54) is 35.1 Å². The molecule has 1 aromatic heterocycles. The van der Waals surface area contributed by atoms with Crippen LogP contribution in [0.5, 0.6) is 0 Å². The SMILES string of the molecule is CNC(c1ccn(Cc2c(C)cccc2C)c1)C1CC1. The number of benzene rings is 1. The lowest BCUT2D eigenvalue weighted by Gasteiger charge is -2.14. The van der Waals surface area contributed by atoms with Gasteiger partial charge in [-0.1, -0.05) is 18.2 Å². The highest BCUT2D eigenvalue weighted by Crippen LogP contribution is 2.40. The second kappa shape index (κ2) is 5.45. The summed E-state index contributed by atoms with van der Waals surface area (Å²) < 4.78 is 2.32. The summed E-state index contributed by atoms with van der Waals surface area (Å²) in [5.41, 5.74) is 5.64. The molecule has 1 aromatic carbocycles. The maximum atomic E-state index is 3.47. The fourth-order valence-corrected chi connectivity index (χ4v) is 3.13. The zero-order chi connectivity index (χ0) is 14.1. The zero-order valence-corrected chi connectivity index (χ0v) is 12.7. The number of aryl methyl sites for hydroxylation is 2. The Kier molecular flexibility index (Phi) is 3.66. The number of hydrogen-bond acceptors (Lipinski definition) is 1. The molecule has 0 aliphatic heterocycles. The van der Waals surface area contributed by atoms with E-state index in [9.17, 15) is 0 Å². The van der Waals surface area contributed by atoms with Crippen molar-refractivity contribution in [1.82, 2.24) is 9.88 Å². The smallest absolute Gasteiger partial charge is 0.0475 e. The lowest BCUT2D eigenvalue weighted by Crippen LogP contribution is -2.17. The molecule has 1 unspecified atom stereocenters. The molecule has 0 bridgehead atoms. The summed E-state index contributed by atoms with van der Waals surface area (Å²) in [4.78, 5) is 0. The summed E-state index contributed by atoms with van der Waals surface area (Å²) >= 11 is 0. The van der Waals surface area contributed by atoms with Crippen LogP contribution in [0.2, 0.25) is 0 Å². The van der Waals surface area contributed by atoms with E-state index < -0.39 is 0 Å². The van der Waals surface area contributed by atoms with E-state index in [-0.39, 0.29) is 0 Å². The molecule has 106 valence electrons. The second-order valence-electron chi connectivity index (χ2n) is 6.09. The van der Waals surface area contributed by atoms with Gasteiger partial charge in [0.05, 0.1) is 0 Å². The van der Waals surface area contributed by atoms with E-state index in [0.717, 1.165) is 12.5 Å². The maximum absolute atomic E-state index is 3.47. The largest absolute Gasteiger partial charge is 0.350 e. The number of nitrogens with one attached hydrogen (secondary N) is 1. The van der Waals surface area contributed by atoms with E-state index in [2.05, 4.69) is 67.4 Å². The molecule has 1 saturated carbocycles. The van der Waals surface area contributed by atoms with Crippen LogP contribution < -0.4 is 5.32 Å². The second-order valence-corrected chi connectivity index (χ2v) is 6.09. The first-order valence-electron chi connectivity index (χ1n) is 7.57. The molecule has 1 atom stereocenters. The third kappa shape index (κ3) is 2.66. The Balaban J connectivity index is 1.80. The van der Waals surface area contributed by atoms with Crippen LogP contribution in [-0.2, 0) is 6.54 Å². The summed E-state index contributed by atoms with van der Waals surface area (Å²) in [6.45, 7) is 5.38. The van der Waals surface area contributed by atoms with E-state index >= 15 is 0 Å². The van der Waals surface area contributed by atoms with Crippen LogP contribution in [0.25, 0.3) is 0 Å². The van der Waals surface area contributed by atoms with Crippen molar-refractivity contribution >= 4 is 0 Å². The minimum absolute atomic E-state index is 0.536. The Morgan fingerprint density at radius 2 is 1.90 bits per heavy atom. The first kappa shape index (κ1) is 13.4. The van der Waals surface area contributed by atoms with Gasteiger partial charge < -0.3 is 9.88 Å². The first-order valence-corrected chi connectivity index (χ1v) is 7.57. The molecule has 1 aliphatic carbocycles. The first-order chi connectivity index (χ1) is 9.69. The molecule has 2 heteroatoms. The van der Waals surface area contributed by atoms with E-state index in [1.54, 1.807) is 0 Å². The molecule has 1 heterocycles. The van der Waals surface area contributed by atoms with Gasteiger partial charge in [0.1, 0.15) is 0 Å². The molecule has 0 spiro atoms. The van der Waals surface area contributed by atoms with Gasteiger partial charge in [0, 0.05) is 25.0 Å². The van der Waals surface area contributed by atoms with Crippen molar-refractivity contribution in [3.05, 3.63) is 58.9 Å². The van der Waals surface area contributed by atoms with Crippen LogP contribution in [0.1, 0.15) is 41.1 Å². The van der Waals surface area contributed by atoms with Crippen LogP contribution in [0.3, 0.4) is 0 Å². The Hall–Kier alpha value is -1.54. The van der Waals surface area contributed by atoms with Gasteiger partial charge >= 0.3 is 0 Å². The van der Waals surface area contributed by atoms with E-state index in [0.29, 0.717) is 6.04 Å². The molecule has 2 aromatic rings. The fourth-order valence-electron chi connectivity index (χ4n) is 3.13. The normalized spacial score (nSPS) is 16.4. The summed E-state index contributed by atoms with van der Waals surface area (Å²) in [6, 6.07) is 9.35. The highest BCUT2D eigenvalue weighted by Gasteiger charge is 2.31. The molecule has 1 fully saturated rings. The Morgan fingerprint density at radius 1 is 1.20 bits per heavy atom. The Morgan fingerprint density at radius 3 is 2.50 bits per heavy atom. The topological polar surface area (TPSA) is 17.0 Å². The van der Waals surface area contributed by atoms with Crippen molar-refractivity contribution in [2.45, 2.75) is 39.3 Å². The van der Waals surface area contributed by atoms with Gasteiger partial charge in [-0.3, -0.25) is 0 Å². The number of rotatable bonds is 5. The van der Waals surface area contributed by atoms with Crippen LogP contribution in [-0.4, -0.2) is 11.6 Å². The molecule has 20 heavy (non-hydrogen) atoms. The minimum Gasteiger partial charge on any atom is -0.350 e. The molecule has 0 saturated heterocycles. The van der Waals surface area contributed by atoms with Gasteiger partial charge in [-0.15, -0.1) is 0 Å². The third-order valence-electron chi connectivity index (χ3n) is 4.52. The molecule has 1 N–H and O–H groups in total. The Bertz CT molecular complexity index is 573. The van der Waals surface area contributed by atoms with Gasteiger partial charge in [-0.25, -0.2) is 0 Å². The minimum atomic E-state index is 0.536. The highest BCUT2D eigenvalue weighted by molar-refractivity contribution is 5.34. The predicted octanol–water partition coefficient (Wildman–Crippen LogP) is 3.82. The standard InChI is InChI=1S/C18H24N2/c1-13-5-4-6-14(2)17(13)12-20-10-9-16(11-20)18(19-3)15-7-8-15/h4-6,9-11,15,18-19H,7-8,12H2,1-3H3. The third-order valence-corrected chi connectivity index (χ3v) is 4.52. The van der Waals surface area contributed by atoms with Gasteiger partial charge in [0.25, 0.3) is 0 Å². The lowest BCUT2D eigenvalue weighted by molar-refractivity contribution is 0.528. The quantitative estimate of drug-likeness (QED) is 0.872. The molecule has 2 nitrogen and oxygen atoms in total. The monoisotopic (exact) mass is 268 g/mol. The molecular weight excluding hydrogens is 244 g/mol. The maximum Gasteiger partial charge on any atom is 0.0475 e. The zero-order valence-electron chi connectivity index (χ0n) is 12.7. The predicted molar refractivity (Wildman–Crippen MR) is 84.0 cm³/mol. The summed E-state index contributed by atoms with van der Waals surface area (Å²) in [6.07, 6.45) is 7.26. The number of aromatic nitrogens is 1. The lowest BCUT2D eigenvalue weighted by atomic mass is 10.0. The number of hydrogen-bond donors (Lipinski definition) is 1. The fraction of sp³-hybridized carbons (Fsp3) is 0.444. The van der Waals surface area contributed by atoms with Gasteiger partial charge in [0.15, 0.2) is 0 Å². The molecular formula is C18H24N2. The van der Waals surface area contributed by atoms with Crippen LogP contribution in [0.4, 0.5) is 0 Å². The van der Waals surface area contributed by atoms with E-state index in [1.807, 2.05) is 0 Å². The van der Waals surface area contributed by atoms with Crippen molar-refractivity contribution in [2.24, 2.45) is 5.92 Å². The summed E-state index contributed by atoms with van der Waals surface area (Å²) in [5.74, 6) is 0.844.